The average molecular weight is 275 g/mol. The second-order valence-corrected chi connectivity index (χ2v) is 5.56. The molecule has 116 valence electrons. The van der Waals surface area contributed by atoms with Crippen LogP contribution in [0.2, 0.25) is 0 Å². The normalized spacial score (nSPS) is 16.3. The molecule has 0 radical (unpaired) electrons. The summed E-state index contributed by atoms with van der Waals surface area (Å²) in [7, 11) is 0. The molecule has 0 saturated heterocycles. The summed E-state index contributed by atoms with van der Waals surface area (Å²) in [5.74, 6) is 0. The van der Waals surface area contributed by atoms with Gasteiger partial charge in [-0.1, -0.05) is 33.1 Å². The maximum atomic E-state index is 9.83. The van der Waals surface area contributed by atoms with Crippen LogP contribution in [0.3, 0.4) is 0 Å². The van der Waals surface area contributed by atoms with E-state index in [1.165, 1.54) is 19.3 Å². The molecule has 19 heavy (non-hydrogen) atoms. The van der Waals surface area contributed by atoms with Crippen LogP contribution in [0.15, 0.2) is 0 Å². The van der Waals surface area contributed by atoms with Crippen molar-refractivity contribution in [1.82, 2.24) is 5.32 Å². The Balaban J connectivity index is 3.60. The Morgan fingerprint density at radius 1 is 1.21 bits per heavy atom. The van der Waals surface area contributed by atoms with Crippen molar-refractivity contribution in [2.75, 3.05) is 26.4 Å². The number of rotatable bonds is 13. The number of hydrogen-bond donors (Lipinski definition) is 3. The maximum absolute atomic E-state index is 9.83. The van der Waals surface area contributed by atoms with E-state index in [0.29, 0.717) is 19.6 Å². The van der Waals surface area contributed by atoms with E-state index in [1.54, 1.807) is 0 Å². The first kappa shape index (κ1) is 18.8. The predicted molar refractivity (Wildman–Crippen MR) is 79.4 cm³/mol. The van der Waals surface area contributed by atoms with Crippen LogP contribution in [-0.2, 0) is 4.74 Å². The zero-order valence-corrected chi connectivity index (χ0v) is 13.0. The molecule has 0 aromatic carbocycles. The van der Waals surface area contributed by atoms with Crippen molar-refractivity contribution < 1.29 is 14.9 Å². The third-order valence-electron chi connectivity index (χ3n) is 3.66. The SMILES string of the molecule is CCCCCCOCC(O)CNC(C)(CC)CCO. The van der Waals surface area contributed by atoms with Gasteiger partial charge in [0.15, 0.2) is 0 Å². The van der Waals surface area contributed by atoms with E-state index < -0.39 is 6.10 Å². The zero-order chi connectivity index (χ0) is 14.6. The third kappa shape index (κ3) is 10.3. The van der Waals surface area contributed by atoms with Gasteiger partial charge in [0.1, 0.15) is 0 Å². The molecule has 0 aromatic rings. The molecule has 0 spiro atoms. The van der Waals surface area contributed by atoms with Crippen molar-refractivity contribution in [2.24, 2.45) is 0 Å². The van der Waals surface area contributed by atoms with Gasteiger partial charge in [-0.25, -0.2) is 0 Å². The van der Waals surface area contributed by atoms with Gasteiger partial charge in [0.05, 0.1) is 12.7 Å². The van der Waals surface area contributed by atoms with E-state index >= 15 is 0 Å². The fraction of sp³-hybridized carbons (Fsp3) is 1.00. The molecular formula is C15H33NO3. The lowest BCUT2D eigenvalue weighted by Crippen LogP contribution is -2.46. The van der Waals surface area contributed by atoms with Crippen molar-refractivity contribution in [1.29, 1.82) is 0 Å². The molecule has 2 unspecified atom stereocenters. The van der Waals surface area contributed by atoms with Gasteiger partial charge in [-0.3, -0.25) is 0 Å². The minimum Gasteiger partial charge on any atom is -0.396 e. The first-order valence-corrected chi connectivity index (χ1v) is 7.69. The van der Waals surface area contributed by atoms with Gasteiger partial charge in [0.2, 0.25) is 0 Å². The minimum absolute atomic E-state index is 0.100. The number of aliphatic hydroxyl groups is 2. The Bertz CT molecular complexity index is 202. The van der Waals surface area contributed by atoms with Crippen LogP contribution in [0.25, 0.3) is 0 Å². The number of unbranched alkanes of at least 4 members (excludes halogenated alkanes) is 3. The van der Waals surface area contributed by atoms with Crippen molar-refractivity contribution >= 4 is 0 Å². The Labute approximate surface area is 118 Å². The van der Waals surface area contributed by atoms with E-state index in [1.807, 2.05) is 0 Å². The molecule has 2 atom stereocenters. The highest BCUT2D eigenvalue weighted by molar-refractivity contribution is 4.82. The fourth-order valence-electron chi connectivity index (χ4n) is 1.91. The van der Waals surface area contributed by atoms with Crippen LogP contribution in [0.4, 0.5) is 0 Å². The summed E-state index contributed by atoms with van der Waals surface area (Å²) in [5, 5.41) is 22.2. The van der Waals surface area contributed by atoms with E-state index in [4.69, 9.17) is 9.84 Å². The van der Waals surface area contributed by atoms with E-state index in [0.717, 1.165) is 19.4 Å². The number of hydrogen-bond acceptors (Lipinski definition) is 4. The van der Waals surface area contributed by atoms with Gasteiger partial charge in [-0.15, -0.1) is 0 Å². The lowest BCUT2D eigenvalue weighted by atomic mass is 9.95. The molecule has 0 saturated carbocycles. The van der Waals surface area contributed by atoms with Crippen LogP contribution in [0.5, 0.6) is 0 Å². The first-order valence-electron chi connectivity index (χ1n) is 7.69. The van der Waals surface area contributed by atoms with Crippen LogP contribution in [0, 0.1) is 0 Å². The number of aliphatic hydroxyl groups excluding tert-OH is 2. The topological polar surface area (TPSA) is 61.7 Å². The third-order valence-corrected chi connectivity index (χ3v) is 3.66. The molecule has 0 aliphatic carbocycles. The summed E-state index contributed by atoms with van der Waals surface area (Å²) in [5.41, 5.74) is -0.100. The molecule has 4 heteroatoms. The summed E-state index contributed by atoms with van der Waals surface area (Å²) in [6.07, 6.45) is 5.92. The summed E-state index contributed by atoms with van der Waals surface area (Å²) in [6.45, 7) is 8.14. The predicted octanol–water partition coefficient (Wildman–Crippen LogP) is 2.08. The Hall–Kier alpha value is -0.160. The van der Waals surface area contributed by atoms with Gasteiger partial charge in [-0.05, 0) is 26.2 Å². The van der Waals surface area contributed by atoms with Crippen LogP contribution in [-0.4, -0.2) is 48.2 Å². The highest BCUT2D eigenvalue weighted by atomic mass is 16.5. The summed E-state index contributed by atoms with van der Waals surface area (Å²) in [4.78, 5) is 0. The molecule has 0 aliphatic rings. The van der Waals surface area contributed by atoms with Crippen molar-refractivity contribution in [3.8, 4) is 0 Å². The number of nitrogens with one attached hydrogen (secondary N) is 1. The van der Waals surface area contributed by atoms with Crippen LogP contribution in [0.1, 0.15) is 59.3 Å². The number of ether oxygens (including phenoxy) is 1. The quantitative estimate of drug-likeness (QED) is 0.450. The average Bonchev–Trinajstić information content (AvgIpc) is 2.41. The lowest BCUT2D eigenvalue weighted by Gasteiger charge is -2.30. The molecule has 4 nitrogen and oxygen atoms in total. The minimum atomic E-state index is -0.476. The highest BCUT2D eigenvalue weighted by Crippen LogP contribution is 2.13. The highest BCUT2D eigenvalue weighted by Gasteiger charge is 2.21. The molecule has 0 aromatic heterocycles. The number of β-amino-alcohol motifs (C(OH)–C–C–N with tert-alkyl or cyclic N) is 1. The summed E-state index contributed by atoms with van der Waals surface area (Å²) < 4.78 is 5.46. The second-order valence-electron chi connectivity index (χ2n) is 5.56. The monoisotopic (exact) mass is 275 g/mol. The molecule has 0 bridgehead atoms. The van der Waals surface area contributed by atoms with Gasteiger partial charge < -0.3 is 20.3 Å². The molecule has 3 N–H and O–H groups in total. The largest absolute Gasteiger partial charge is 0.396 e. The Morgan fingerprint density at radius 2 is 1.95 bits per heavy atom. The van der Waals surface area contributed by atoms with E-state index in [-0.39, 0.29) is 12.1 Å². The van der Waals surface area contributed by atoms with E-state index in [2.05, 4.69) is 26.1 Å². The molecular weight excluding hydrogens is 242 g/mol. The second kappa shape index (κ2) is 11.6. The maximum Gasteiger partial charge on any atom is 0.0897 e. The summed E-state index contributed by atoms with van der Waals surface area (Å²) in [6, 6.07) is 0. The van der Waals surface area contributed by atoms with Gasteiger partial charge in [0.25, 0.3) is 0 Å². The van der Waals surface area contributed by atoms with Crippen LogP contribution < -0.4 is 5.32 Å². The van der Waals surface area contributed by atoms with Crippen molar-refractivity contribution in [2.45, 2.75) is 70.9 Å². The Kier molecular flexibility index (Phi) is 11.6. The van der Waals surface area contributed by atoms with Gasteiger partial charge in [0, 0.05) is 25.3 Å². The van der Waals surface area contributed by atoms with E-state index in [9.17, 15) is 5.11 Å². The van der Waals surface area contributed by atoms with Gasteiger partial charge in [-0.2, -0.15) is 0 Å². The van der Waals surface area contributed by atoms with Crippen molar-refractivity contribution in [3.63, 3.8) is 0 Å². The standard InChI is InChI=1S/C15H33NO3/c1-4-6-7-8-11-19-13-14(18)12-16-15(3,5-2)9-10-17/h14,16-18H,4-13H2,1-3H3. The smallest absolute Gasteiger partial charge is 0.0897 e. The first-order chi connectivity index (χ1) is 9.08. The summed E-state index contributed by atoms with van der Waals surface area (Å²) >= 11 is 0. The lowest BCUT2D eigenvalue weighted by molar-refractivity contribution is 0.0304. The van der Waals surface area contributed by atoms with Crippen molar-refractivity contribution in [3.05, 3.63) is 0 Å². The molecule has 0 rings (SSSR count). The molecule has 0 fully saturated rings. The Morgan fingerprint density at radius 3 is 2.53 bits per heavy atom. The molecule has 0 heterocycles. The molecule has 0 aliphatic heterocycles. The van der Waals surface area contributed by atoms with Crippen LogP contribution >= 0.6 is 0 Å². The fourth-order valence-corrected chi connectivity index (χ4v) is 1.91. The molecule has 0 amide bonds. The zero-order valence-electron chi connectivity index (χ0n) is 13.0. The van der Waals surface area contributed by atoms with Gasteiger partial charge >= 0.3 is 0 Å².